The van der Waals surface area contributed by atoms with Crippen molar-refractivity contribution in [2.24, 2.45) is 5.10 Å². The van der Waals surface area contributed by atoms with Gasteiger partial charge >= 0.3 is 0 Å². The molecule has 0 radical (unpaired) electrons. The quantitative estimate of drug-likeness (QED) is 0.132. The molecule has 1 N–H and O–H groups in total. The molecule has 0 aliphatic heterocycles. The van der Waals surface area contributed by atoms with Gasteiger partial charge in [0, 0.05) is 17.3 Å². The molecule has 0 saturated heterocycles. The lowest BCUT2D eigenvalue weighted by Crippen LogP contribution is -2.24. The molecule has 0 fully saturated rings. The van der Waals surface area contributed by atoms with Gasteiger partial charge in [0.15, 0.2) is 6.61 Å². The number of rotatable bonds is 13. The zero-order valence-corrected chi connectivity index (χ0v) is 23.4. The molecule has 1 aromatic heterocycles. The monoisotopic (exact) mass is 560 g/mol. The van der Waals surface area contributed by atoms with Gasteiger partial charge in [0.05, 0.1) is 18.5 Å². The summed E-state index contributed by atoms with van der Waals surface area (Å²) < 4.78 is 18.9. The van der Waals surface area contributed by atoms with E-state index in [1.54, 1.807) is 23.0 Å². The Bertz CT molecular complexity index is 1580. The fourth-order valence-corrected chi connectivity index (χ4v) is 4.08. The Labute approximate surface area is 245 Å². The van der Waals surface area contributed by atoms with Crippen molar-refractivity contribution in [2.75, 3.05) is 13.2 Å². The first-order valence-electron chi connectivity index (χ1n) is 13.8. The van der Waals surface area contributed by atoms with E-state index in [1.807, 2.05) is 103 Å². The lowest BCUT2D eigenvalue weighted by molar-refractivity contribution is -0.123. The van der Waals surface area contributed by atoms with Gasteiger partial charge in [0.25, 0.3) is 5.91 Å². The van der Waals surface area contributed by atoms with Gasteiger partial charge in [-0.2, -0.15) is 10.2 Å². The lowest BCUT2D eigenvalue weighted by Gasteiger charge is -2.08. The second-order valence-electron chi connectivity index (χ2n) is 9.41. The summed E-state index contributed by atoms with van der Waals surface area (Å²) in [4.78, 5) is 12.4. The van der Waals surface area contributed by atoms with Gasteiger partial charge in [0.2, 0.25) is 0 Å². The van der Waals surface area contributed by atoms with E-state index in [2.05, 4.69) is 17.5 Å². The number of carbonyl (C=O) groups is 1. The van der Waals surface area contributed by atoms with Gasteiger partial charge in [0.1, 0.15) is 29.5 Å². The number of hydrogen-bond acceptors (Lipinski definition) is 6. The molecular formula is C34H32N4O4. The SMILES string of the molecule is CCCOc1ccc(-c2nn(-c3ccccc3)cc2/C=N/NC(=O)COc2ccc(OCc3ccccc3)cc2)cc1. The summed E-state index contributed by atoms with van der Waals surface area (Å²) in [5, 5.41) is 8.96. The van der Waals surface area contributed by atoms with E-state index < -0.39 is 0 Å². The summed E-state index contributed by atoms with van der Waals surface area (Å²) >= 11 is 0. The molecule has 0 bridgehead atoms. The molecule has 8 heteroatoms. The van der Waals surface area contributed by atoms with Gasteiger partial charge in [-0.3, -0.25) is 4.79 Å². The number of nitrogens with one attached hydrogen (secondary N) is 1. The van der Waals surface area contributed by atoms with Crippen molar-refractivity contribution in [1.82, 2.24) is 15.2 Å². The Morgan fingerprint density at radius 3 is 2.12 bits per heavy atom. The second-order valence-corrected chi connectivity index (χ2v) is 9.41. The van der Waals surface area contributed by atoms with Crippen molar-refractivity contribution in [1.29, 1.82) is 0 Å². The van der Waals surface area contributed by atoms with E-state index in [1.165, 1.54) is 0 Å². The van der Waals surface area contributed by atoms with Crippen LogP contribution in [0.15, 0.2) is 120 Å². The summed E-state index contributed by atoms with van der Waals surface area (Å²) in [5.41, 5.74) is 6.91. The van der Waals surface area contributed by atoms with Crippen LogP contribution < -0.4 is 19.6 Å². The second kappa shape index (κ2) is 14.3. The van der Waals surface area contributed by atoms with E-state index in [0.29, 0.717) is 19.0 Å². The minimum absolute atomic E-state index is 0.184. The first kappa shape index (κ1) is 28.2. The summed E-state index contributed by atoms with van der Waals surface area (Å²) in [6, 6.07) is 34.7. The van der Waals surface area contributed by atoms with Crippen LogP contribution in [-0.4, -0.2) is 35.1 Å². The maximum Gasteiger partial charge on any atom is 0.277 e. The average Bonchev–Trinajstić information content (AvgIpc) is 3.47. The number of ether oxygens (including phenoxy) is 3. The van der Waals surface area contributed by atoms with Crippen LogP contribution in [-0.2, 0) is 11.4 Å². The molecule has 5 aromatic rings. The van der Waals surface area contributed by atoms with Gasteiger partial charge in [-0.1, -0.05) is 55.5 Å². The van der Waals surface area contributed by atoms with Crippen LogP contribution in [0.2, 0.25) is 0 Å². The molecule has 8 nitrogen and oxygen atoms in total. The van der Waals surface area contributed by atoms with Crippen LogP contribution in [0, 0.1) is 0 Å². The number of aromatic nitrogens is 2. The van der Waals surface area contributed by atoms with E-state index in [9.17, 15) is 4.79 Å². The van der Waals surface area contributed by atoms with E-state index in [0.717, 1.165) is 46.0 Å². The van der Waals surface area contributed by atoms with E-state index in [-0.39, 0.29) is 12.5 Å². The molecule has 4 aromatic carbocycles. The average molecular weight is 561 g/mol. The summed E-state index contributed by atoms with van der Waals surface area (Å²) in [6.45, 7) is 3.03. The molecule has 0 unspecified atom stereocenters. The highest BCUT2D eigenvalue weighted by Crippen LogP contribution is 2.25. The standard InChI is InChI=1S/C34H32N4O4/c1-2-21-40-30-15-13-27(14-16-30)34-28(23-38(37-34)29-11-7-4-8-12-29)22-35-36-33(39)25-42-32-19-17-31(18-20-32)41-24-26-9-5-3-6-10-26/h3-20,22-23H,2,21,24-25H2,1H3,(H,36,39)/b35-22+. The van der Waals surface area contributed by atoms with Crippen LogP contribution >= 0.6 is 0 Å². The van der Waals surface area contributed by atoms with Crippen molar-refractivity contribution in [3.63, 3.8) is 0 Å². The van der Waals surface area contributed by atoms with Gasteiger partial charge in [-0.25, -0.2) is 10.1 Å². The number of nitrogens with zero attached hydrogens (tertiary/aromatic N) is 3. The molecule has 212 valence electrons. The Morgan fingerprint density at radius 1 is 0.810 bits per heavy atom. The number of benzene rings is 4. The number of para-hydroxylation sites is 1. The molecule has 5 rings (SSSR count). The maximum atomic E-state index is 12.4. The van der Waals surface area contributed by atoms with Gasteiger partial charge in [-0.05, 0) is 72.6 Å². The Morgan fingerprint density at radius 2 is 1.43 bits per heavy atom. The van der Waals surface area contributed by atoms with Crippen molar-refractivity contribution < 1.29 is 19.0 Å². The van der Waals surface area contributed by atoms with Crippen molar-refractivity contribution in [3.8, 4) is 34.2 Å². The highest BCUT2D eigenvalue weighted by Gasteiger charge is 2.12. The van der Waals surface area contributed by atoms with Gasteiger partial charge < -0.3 is 14.2 Å². The van der Waals surface area contributed by atoms with Crippen LogP contribution in [0.1, 0.15) is 24.5 Å². The van der Waals surface area contributed by atoms with Gasteiger partial charge in [-0.15, -0.1) is 0 Å². The number of hydrazone groups is 1. The summed E-state index contributed by atoms with van der Waals surface area (Å²) in [6.07, 6.45) is 4.40. The largest absolute Gasteiger partial charge is 0.494 e. The lowest BCUT2D eigenvalue weighted by atomic mass is 10.1. The predicted octanol–water partition coefficient (Wildman–Crippen LogP) is 6.44. The maximum absolute atomic E-state index is 12.4. The third-order valence-corrected chi connectivity index (χ3v) is 6.20. The van der Waals surface area contributed by atoms with E-state index in [4.69, 9.17) is 19.3 Å². The highest BCUT2D eigenvalue weighted by atomic mass is 16.5. The molecule has 0 saturated carbocycles. The topological polar surface area (TPSA) is 87.0 Å². The molecular weight excluding hydrogens is 528 g/mol. The number of amides is 1. The predicted molar refractivity (Wildman–Crippen MR) is 163 cm³/mol. The normalized spacial score (nSPS) is 10.9. The van der Waals surface area contributed by atoms with Crippen molar-refractivity contribution in [2.45, 2.75) is 20.0 Å². The fraction of sp³-hybridized carbons (Fsp3) is 0.147. The fourth-order valence-electron chi connectivity index (χ4n) is 4.08. The minimum Gasteiger partial charge on any atom is -0.494 e. The smallest absolute Gasteiger partial charge is 0.277 e. The zero-order valence-electron chi connectivity index (χ0n) is 23.4. The first-order valence-corrected chi connectivity index (χ1v) is 13.8. The molecule has 0 atom stereocenters. The minimum atomic E-state index is -0.384. The van der Waals surface area contributed by atoms with Crippen LogP contribution in [0.4, 0.5) is 0 Å². The Balaban J connectivity index is 1.19. The molecule has 42 heavy (non-hydrogen) atoms. The number of hydrogen-bond donors (Lipinski definition) is 1. The molecule has 0 aliphatic carbocycles. The molecule has 1 amide bonds. The zero-order chi connectivity index (χ0) is 29.0. The Hall–Kier alpha value is -5.37. The third-order valence-electron chi connectivity index (χ3n) is 6.20. The molecule has 0 spiro atoms. The van der Waals surface area contributed by atoms with Crippen LogP contribution in [0.5, 0.6) is 17.2 Å². The molecule has 1 heterocycles. The van der Waals surface area contributed by atoms with Crippen molar-refractivity contribution >= 4 is 12.1 Å². The van der Waals surface area contributed by atoms with Crippen LogP contribution in [0.3, 0.4) is 0 Å². The van der Waals surface area contributed by atoms with Crippen molar-refractivity contribution in [3.05, 3.63) is 127 Å². The van der Waals surface area contributed by atoms with E-state index >= 15 is 0 Å². The first-order chi connectivity index (χ1) is 20.7. The Kier molecular flexibility index (Phi) is 9.60. The summed E-state index contributed by atoms with van der Waals surface area (Å²) in [7, 11) is 0. The number of carbonyl (C=O) groups excluding carboxylic acids is 1. The highest BCUT2D eigenvalue weighted by molar-refractivity contribution is 5.89. The molecule has 0 aliphatic rings. The third kappa shape index (κ3) is 7.85. The summed E-state index contributed by atoms with van der Waals surface area (Å²) in [5.74, 6) is 1.69. The van der Waals surface area contributed by atoms with Crippen LogP contribution in [0.25, 0.3) is 16.9 Å².